The normalized spacial score (nSPS) is 16.3. The minimum absolute atomic E-state index is 0.133. The highest BCUT2D eigenvalue weighted by molar-refractivity contribution is 6.04. The average molecular weight is 371 g/mol. The number of ether oxygens (including phenoxy) is 1. The first-order valence-electron chi connectivity index (χ1n) is 8.60. The summed E-state index contributed by atoms with van der Waals surface area (Å²) in [6, 6.07) is 9.51. The van der Waals surface area contributed by atoms with Gasteiger partial charge in [0.25, 0.3) is 5.91 Å². The number of carbonyl (C=O) groups excluding carboxylic acids is 3. The first-order chi connectivity index (χ1) is 13.1. The predicted octanol–water partition coefficient (Wildman–Crippen LogP) is 1.81. The molecule has 3 rings (SSSR count). The van der Waals surface area contributed by atoms with Gasteiger partial charge < -0.3 is 19.8 Å². The molecule has 2 aromatic rings. The van der Waals surface area contributed by atoms with Crippen LogP contribution in [0.3, 0.4) is 0 Å². The molecular formula is C19H21N3O5. The van der Waals surface area contributed by atoms with Gasteiger partial charge in [-0.3, -0.25) is 14.5 Å². The highest BCUT2D eigenvalue weighted by atomic mass is 16.5. The molecule has 8 heteroatoms. The fourth-order valence-corrected chi connectivity index (χ4v) is 2.80. The Morgan fingerprint density at radius 3 is 2.70 bits per heavy atom. The molecule has 0 radical (unpaired) electrons. The molecule has 27 heavy (non-hydrogen) atoms. The Kier molecular flexibility index (Phi) is 5.75. The molecule has 0 spiro atoms. The molecule has 4 amide bonds. The third-order valence-corrected chi connectivity index (χ3v) is 4.31. The van der Waals surface area contributed by atoms with Crippen molar-refractivity contribution in [3.63, 3.8) is 0 Å². The van der Waals surface area contributed by atoms with Gasteiger partial charge in [0.1, 0.15) is 17.6 Å². The van der Waals surface area contributed by atoms with Crippen molar-refractivity contribution in [3.05, 3.63) is 54.0 Å². The number of nitrogens with zero attached hydrogens (tertiary/aromatic N) is 1. The lowest BCUT2D eigenvalue weighted by molar-refractivity contribution is -0.128. The zero-order chi connectivity index (χ0) is 19.2. The van der Waals surface area contributed by atoms with Gasteiger partial charge >= 0.3 is 6.03 Å². The second-order valence-corrected chi connectivity index (χ2v) is 6.17. The molecule has 1 saturated heterocycles. The van der Waals surface area contributed by atoms with E-state index in [-0.39, 0.29) is 31.2 Å². The Hall–Kier alpha value is -3.29. The molecule has 2 heterocycles. The van der Waals surface area contributed by atoms with Gasteiger partial charge in [0.2, 0.25) is 5.91 Å². The molecule has 1 atom stereocenters. The topological polar surface area (TPSA) is 101 Å². The van der Waals surface area contributed by atoms with Crippen molar-refractivity contribution >= 4 is 17.8 Å². The van der Waals surface area contributed by atoms with Crippen molar-refractivity contribution < 1.29 is 23.5 Å². The number of methoxy groups -OCH3 is 1. The molecule has 0 aliphatic carbocycles. The van der Waals surface area contributed by atoms with E-state index in [1.807, 2.05) is 0 Å². The van der Waals surface area contributed by atoms with Crippen molar-refractivity contribution in [2.45, 2.75) is 32.0 Å². The molecule has 8 nitrogen and oxygen atoms in total. The lowest BCUT2D eigenvalue weighted by atomic mass is 10.1. The van der Waals surface area contributed by atoms with Crippen molar-refractivity contribution in [2.24, 2.45) is 0 Å². The molecule has 1 aliphatic rings. The maximum atomic E-state index is 12.5. The monoisotopic (exact) mass is 371 g/mol. The first kappa shape index (κ1) is 18.5. The molecular weight excluding hydrogens is 350 g/mol. The van der Waals surface area contributed by atoms with Crippen LogP contribution in [0.25, 0.3) is 0 Å². The van der Waals surface area contributed by atoms with Gasteiger partial charge in [0, 0.05) is 6.42 Å². The molecule has 1 fully saturated rings. The minimum Gasteiger partial charge on any atom is -0.497 e. The second kappa shape index (κ2) is 8.39. The summed E-state index contributed by atoms with van der Waals surface area (Å²) in [6.45, 7) is 0.469. The zero-order valence-corrected chi connectivity index (χ0v) is 14.9. The van der Waals surface area contributed by atoms with Crippen LogP contribution in [-0.2, 0) is 22.7 Å². The summed E-state index contributed by atoms with van der Waals surface area (Å²) < 4.78 is 10.2. The lowest BCUT2D eigenvalue weighted by Crippen LogP contribution is -2.32. The van der Waals surface area contributed by atoms with Crippen LogP contribution in [0.15, 0.2) is 47.1 Å². The Labute approximate surface area is 156 Å². The summed E-state index contributed by atoms with van der Waals surface area (Å²) in [6.07, 6.45) is 1.91. The van der Waals surface area contributed by atoms with Crippen molar-refractivity contribution in [1.29, 1.82) is 0 Å². The van der Waals surface area contributed by atoms with Gasteiger partial charge in [-0.15, -0.1) is 0 Å². The van der Waals surface area contributed by atoms with E-state index in [4.69, 9.17) is 9.15 Å². The lowest BCUT2D eigenvalue weighted by Gasteiger charge is -2.13. The van der Waals surface area contributed by atoms with E-state index < -0.39 is 12.1 Å². The van der Waals surface area contributed by atoms with Crippen LogP contribution in [0.1, 0.15) is 24.2 Å². The summed E-state index contributed by atoms with van der Waals surface area (Å²) in [4.78, 5) is 37.7. The van der Waals surface area contributed by atoms with E-state index in [2.05, 4.69) is 10.6 Å². The van der Waals surface area contributed by atoms with E-state index in [0.717, 1.165) is 10.5 Å². The number of rotatable bonds is 8. The molecule has 1 unspecified atom stereocenters. The summed E-state index contributed by atoms with van der Waals surface area (Å²) in [7, 11) is 1.57. The maximum absolute atomic E-state index is 12.5. The summed E-state index contributed by atoms with van der Waals surface area (Å²) in [5.74, 6) is 0.824. The maximum Gasteiger partial charge on any atom is 0.325 e. The molecule has 0 bridgehead atoms. The number of benzene rings is 1. The number of urea groups is 1. The minimum atomic E-state index is -0.690. The Balaban J connectivity index is 1.48. The number of imide groups is 1. The van der Waals surface area contributed by atoms with E-state index in [1.165, 1.54) is 6.26 Å². The second-order valence-electron chi connectivity index (χ2n) is 6.17. The number of nitrogens with one attached hydrogen (secondary N) is 2. The fraction of sp³-hybridized carbons (Fsp3) is 0.316. The number of amides is 4. The number of carbonyl (C=O) groups is 3. The molecule has 1 aromatic carbocycles. The van der Waals surface area contributed by atoms with Crippen LogP contribution in [0.4, 0.5) is 4.79 Å². The van der Waals surface area contributed by atoms with Crippen molar-refractivity contribution in [1.82, 2.24) is 15.5 Å². The van der Waals surface area contributed by atoms with Gasteiger partial charge in [-0.05, 0) is 36.2 Å². The fourth-order valence-electron chi connectivity index (χ4n) is 2.80. The number of hydrogen-bond acceptors (Lipinski definition) is 5. The standard InChI is InChI=1S/C19H21N3O5/c1-26-14-6-4-13(5-7-14)12-22-18(24)16(21-19(22)25)8-9-17(23)20-11-15-3-2-10-27-15/h2-7,10,16H,8-9,11-12H2,1H3,(H,20,23)(H,21,25). The first-order valence-corrected chi connectivity index (χ1v) is 8.60. The van der Waals surface area contributed by atoms with E-state index in [1.54, 1.807) is 43.5 Å². The van der Waals surface area contributed by atoms with Gasteiger partial charge in [-0.1, -0.05) is 12.1 Å². The Morgan fingerprint density at radius 1 is 1.26 bits per heavy atom. The Bertz CT molecular complexity index is 801. The molecule has 142 valence electrons. The van der Waals surface area contributed by atoms with E-state index in [9.17, 15) is 14.4 Å². The SMILES string of the molecule is COc1ccc(CN2C(=O)NC(CCC(=O)NCc3ccco3)C2=O)cc1. The zero-order valence-electron chi connectivity index (χ0n) is 14.9. The van der Waals surface area contributed by atoms with Crippen LogP contribution in [-0.4, -0.2) is 35.9 Å². The average Bonchev–Trinajstić information content (AvgIpc) is 3.29. The highest BCUT2D eigenvalue weighted by Gasteiger charge is 2.37. The van der Waals surface area contributed by atoms with Gasteiger partial charge in [0.15, 0.2) is 0 Å². The molecule has 1 aliphatic heterocycles. The van der Waals surface area contributed by atoms with Crippen LogP contribution >= 0.6 is 0 Å². The van der Waals surface area contributed by atoms with Gasteiger partial charge in [-0.2, -0.15) is 0 Å². The number of hydrogen-bond donors (Lipinski definition) is 2. The van der Waals surface area contributed by atoms with Crippen molar-refractivity contribution in [3.8, 4) is 5.75 Å². The van der Waals surface area contributed by atoms with Crippen molar-refractivity contribution in [2.75, 3.05) is 7.11 Å². The third-order valence-electron chi connectivity index (χ3n) is 4.31. The van der Waals surface area contributed by atoms with Gasteiger partial charge in [-0.25, -0.2) is 4.79 Å². The summed E-state index contributed by atoms with van der Waals surface area (Å²) in [5, 5.41) is 5.35. The molecule has 0 saturated carbocycles. The Morgan fingerprint density at radius 2 is 2.04 bits per heavy atom. The van der Waals surface area contributed by atoms with Gasteiger partial charge in [0.05, 0.1) is 26.5 Å². The third kappa shape index (κ3) is 4.66. The smallest absolute Gasteiger partial charge is 0.325 e. The molecule has 1 aromatic heterocycles. The predicted molar refractivity (Wildman–Crippen MR) is 95.7 cm³/mol. The van der Waals surface area contributed by atoms with E-state index >= 15 is 0 Å². The van der Waals surface area contributed by atoms with Crippen LogP contribution in [0.5, 0.6) is 5.75 Å². The van der Waals surface area contributed by atoms with Crippen LogP contribution < -0.4 is 15.4 Å². The summed E-state index contributed by atoms with van der Waals surface area (Å²) in [5.41, 5.74) is 0.816. The van der Waals surface area contributed by atoms with Crippen LogP contribution in [0, 0.1) is 0 Å². The molecule has 2 N–H and O–H groups in total. The number of furan rings is 1. The van der Waals surface area contributed by atoms with E-state index in [0.29, 0.717) is 18.1 Å². The largest absolute Gasteiger partial charge is 0.497 e. The summed E-state index contributed by atoms with van der Waals surface area (Å²) >= 11 is 0. The highest BCUT2D eigenvalue weighted by Crippen LogP contribution is 2.17. The van der Waals surface area contributed by atoms with Crippen LogP contribution in [0.2, 0.25) is 0 Å². The quantitative estimate of drug-likeness (QED) is 0.689.